The van der Waals surface area contributed by atoms with Gasteiger partial charge in [0.05, 0.1) is 22.8 Å². The van der Waals surface area contributed by atoms with Crippen LogP contribution >= 0.6 is 0 Å². The molecule has 0 aromatic heterocycles. The van der Waals surface area contributed by atoms with Crippen LogP contribution in [0.1, 0.15) is 20.8 Å². The van der Waals surface area contributed by atoms with Crippen LogP contribution < -0.4 is 4.90 Å². The van der Waals surface area contributed by atoms with Gasteiger partial charge in [-0.25, -0.2) is 4.39 Å². The predicted molar refractivity (Wildman–Crippen MR) is 94.3 cm³/mol. The standard InChI is InChI=1S/C17H25FN2O3Si/c1-17(2,3)24(4,5)23-16-12-9-19(10-13(12)16)15-7-6-11(20(21)22)8-14(15)18/h6-8,12-13,16H,9-10H2,1-5H3. The number of nitro groups is 1. The van der Waals surface area contributed by atoms with Gasteiger partial charge < -0.3 is 9.33 Å². The van der Waals surface area contributed by atoms with Gasteiger partial charge in [0.2, 0.25) is 0 Å². The summed E-state index contributed by atoms with van der Waals surface area (Å²) in [6.07, 6.45) is 0.295. The largest absolute Gasteiger partial charge is 0.413 e. The van der Waals surface area contributed by atoms with E-state index in [1.54, 1.807) is 0 Å². The van der Waals surface area contributed by atoms with Crippen molar-refractivity contribution in [2.24, 2.45) is 11.8 Å². The molecule has 24 heavy (non-hydrogen) atoms. The van der Waals surface area contributed by atoms with Crippen molar-refractivity contribution in [3.8, 4) is 0 Å². The molecule has 2 unspecified atom stereocenters. The molecule has 1 saturated carbocycles. The van der Waals surface area contributed by atoms with Crippen LogP contribution in [0.2, 0.25) is 18.1 Å². The number of anilines is 1. The van der Waals surface area contributed by atoms with E-state index >= 15 is 0 Å². The van der Waals surface area contributed by atoms with Gasteiger partial charge in [-0.2, -0.15) is 0 Å². The van der Waals surface area contributed by atoms with E-state index in [4.69, 9.17) is 4.43 Å². The van der Waals surface area contributed by atoms with Crippen molar-refractivity contribution in [1.29, 1.82) is 0 Å². The molecule has 0 spiro atoms. The SMILES string of the molecule is CC(C)(C)[Si](C)(C)OC1C2CN(c3ccc([N+](=O)[O-])cc3F)CC21. The van der Waals surface area contributed by atoms with Gasteiger partial charge in [-0.05, 0) is 24.2 Å². The monoisotopic (exact) mass is 352 g/mol. The van der Waals surface area contributed by atoms with E-state index in [1.165, 1.54) is 12.1 Å². The Bertz CT molecular complexity index is 662. The topological polar surface area (TPSA) is 55.6 Å². The summed E-state index contributed by atoms with van der Waals surface area (Å²) in [7, 11) is -1.77. The maximum atomic E-state index is 14.2. The molecule has 7 heteroatoms. The Morgan fingerprint density at radius 2 is 1.88 bits per heavy atom. The second-order valence-electron chi connectivity index (χ2n) is 8.47. The number of nitrogens with zero attached hydrogens (tertiary/aromatic N) is 2. The molecule has 1 aromatic carbocycles. The fourth-order valence-corrected chi connectivity index (χ4v) is 4.61. The Labute approximate surface area is 143 Å². The van der Waals surface area contributed by atoms with Crippen LogP contribution in [-0.4, -0.2) is 32.4 Å². The van der Waals surface area contributed by atoms with Gasteiger partial charge in [0.1, 0.15) is 0 Å². The molecular formula is C17H25FN2O3Si. The number of halogens is 1. The molecule has 1 aliphatic heterocycles. The molecule has 1 saturated heterocycles. The third-order valence-corrected chi connectivity index (χ3v) is 10.3. The summed E-state index contributed by atoms with van der Waals surface area (Å²) in [5.74, 6) is 0.384. The summed E-state index contributed by atoms with van der Waals surface area (Å²) in [5, 5.41) is 10.9. The first-order chi connectivity index (χ1) is 11.0. The van der Waals surface area contributed by atoms with E-state index in [9.17, 15) is 14.5 Å². The number of fused-ring (bicyclic) bond motifs is 1. The first-order valence-corrected chi connectivity index (χ1v) is 11.3. The van der Waals surface area contributed by atoms with E-state index in [2.05, 4.69) is 33.9 Å². The van der Waals surface area contributed by atoms with Crippen molar-refractivity contribution in [2.75, 3.05) is 18.0 Å². The lowest BCUT2D eigenvalue weighted by molar-refractivity contribution is -0.385. The van der Waals surface area contributed by atoms with Gasteiger partial charge >= 0.3 is 0 Å². The summed E-state index contributed by atoms with van der Waals surface area (Å²) in [5.41, 5.74) is 0.249. The number of rotatable bonds is 4. The molecule has 1 heterocycles. The molecule has 2 aliphatic rings. The molecule has 3 rings (SSSR count). The van der Waals surface area contributed by atoms with Crippen LogP contribution in [0.15, 0.2) is 18.2 Å². The number of hydrogen-bond donors (Lipinski definition) is 0. The third-order valence-electron chi connectivity index (χ3n) is 5.84. The minimum Gasteiger partial charge on any atom is -0.413 e. The Morgan fingerprint density at radius 1 is 1.29 bits per heavy atom. The van der Waals surface area contributed by atoms with E-state index in [0.717, 1.165) is 19.2 Å². The molecule has 0 bridgehead atoms. The molecule has 0 N–H and O–H groups in total. The van der Waals surface area contributed by atoms with Crippen molar-refractivity contribution in [1.82, 2.24) is 0 Å². The van der Waals surface area contributed by atoms with Crippen LogP contribution in [0.5, 0.6) is 0 Å². The lowest BCUT2D eigenvalue weighted by atomic mass is 10.2. The fourth-order valence-electron chi connectivity index (χ4n) is 3.23. The summed E-state index contributed by atoms with van der Waals surface area (Å²) in [4.78, 5) is 12.1. The molecule has 1 aromatic rings. The van der Waals surface area contributed by atoms with Gasteiger partial charge in [-0.1, -0.05) is 20.8 Å². The van der Waals surface area contributed by atoms with Crippen LogP contribution in [0.4, 0.5) is 15.8 Å². The third kappa shape index (κ3) is 2.95. The van der Waals surface area contributed by atoms with Gasteiger partial charge in [-0.15, -0.1) is 0 Å². The number of piperidine rings is 1. The van der Waals surface area contributed by atoms with Crippen LogP contribution in [0.25, 0.3) is 0 Å². The highest BCUT2D eigenvalue weighted by atomic mass is 28.4. The number of nitro benzene ring substituents is 1. The van der Waals surface area contributed by atoms with Crippen LogP contribution in [-0.2, 0) is 4.43 Å². The summed E-state index contributed by atoms with van der Waals surface area (Å²) in [6, 6.07) is 3.89. The summed E-state index contributed by atoms with van der Waals surface area (Å²) < 4.78 is 20.6. The van der Waals surface area contributed by atoms with Crippen molar-refractivity contribution < 1.29 is 13.7 Å². The van der Waals surface area contributed by atoms with Crippen molar-refractivity contribution in [3.05, 3.63) is 34.1 Å². The molecular weight excluding hydrogens is 327 g/mol. The number of benzene rings is 1. The number of hydrogen-bond acceptors (Lipinski definition) is 4. The van der Waals surface area contributed by atoms with Gasteiger partial charge in [0.25, 0.3) is 5.69 Å². The zero-order chi connectivity index (χ0) is 17.9. The minimum atomic E-state index is -1.77. The molecule has 0 radical (unpaired) electrons. The summed E-state index contributed by atoms with van der Waals surface area (Å²) >= 11 is 0. The summed E-state index contributed by atoms with van der Waals surface area (Å²) in [6.45, 7) is 12.7. The molecule has 1 aliphatic carbocycles. The van der Waals surface area contributed by atoms with Crippen molar-refractivity contribution >= 4 is 19.7 Å². The maximum Gasteiger partial charge on any atom is 0.272 e. The molecule has 2 fully saturated rings. The van der Waals surface area contributed by atoms with Gasteiger partial charge in [0.15, 0.2) is 14.1 Å². The first kappa shape index (κ1) is 17.4. The minimum absolute atomic E-state index is 0.189. The Hall–Kier alpha value is -1.47. The van der Waals surface area contributed by atoms with E-state index in [0.29, 0.717) is 23.6 Å². The van der Waals surface area contributed by atoms with Crippen molar-refractivity contribution in [2.45, 2.75) is 45.0 Å². The molecule has 0 amide bonds. The highest BCUT2D eigenvalue weighted by molar-refractivity contribution is 6.74. The van der Waals surface area contributed by atoms with E-state index in [1.807, 2.05) is 4.90 Å². The lowest BCUT2D eigenvalue weighted by Gasteiger charge is -2.37. The number of non-ortho nitro benzene ring substituents is 1. The van der Waals surface area contributed by atoms with E-state index < -0.39 is 19.1 Å². The zero-order valence-corrected chi connectivity index (χ0v) is 15.9. The molecule has 5 nitrogen and oxygen atoms in total. The second-order valence-corrected chi connectivity index (χ2v) is 13.2. The van der Waals surface area contributed by atoms with Crippen LogP contribution in [0, 0.1) is 27.8 Å². The average molecular weight is 352 g/mol. The normalized spacial score (nSPS) is 26.4. The van der Waals surface area contributed by atoms with Crippen molar-refractivity contribution in [3.63, 3.8) is 0 Å². The zero-order valence-electron chi connectivity index (χ0n) is 14.9. The van der Waals surface area contributed by atoms with Gasteiger partial charge in [-0.3, -0.25) is 10.1 Å². The highest BCUT2D eigenvalue weighted by Gasteiger charge is 2.59. The molecule has 132 valence electrons. The second kappa shape index (κ2) is 5.52. The fraction of sp³-hybridized carbons (Fsp3) is 0.647. The Balaban J connectivity index is 1.63. The average Bonchev–Trinajstić information content (AvgIpc) is 2.90. The maximum absolute atomic E-state index is 14.2. The van der Waals surface area contributed by atoms with Gasteiger partial charge in [0, 0.05) is 31.0 Å². The van der Waals surface area contributed by atoms with E-state index in [-0.39, 0.29) is 10.7 Å². The Kier molecular flexibility index (Phi) is 3.99. The van der Waals surface area contributed by atoms with Crippen LogP contribution in [0.3, 0.4) is 0 Å². The quantitative estimate of drug-likeness (QED) is 0.463. The first-order valence-electron chi connectivity index (χ1n) is 8.38. The Morgan fingerprint density at radius 3 is 2.33 bits per heavy atom. The lowest BCUT2D eigenvalue weighted by Crippen LogP contribution is -2.43. The molecule has 2 atom stereocenters. The predicted octanol–water partition coefficient (Wildman–Crippen LogP) is 4.19. The smallest absolute Gasteiger partial charge is 0.272 e. The highest BCUT2D eigenvalue weighted by Crippen LogP contribution is 2.52.